The molecule has 0 bridgehead atoms. The van der Waals surface area contributed by atoms with Gasteiger partial charge in [0, 0.05) is 12.5 Å². The van der Waals surface area contributed by atoms with Crippen LogP contribution in [0.15, 0.2) is 48.5 Å². The Morgan fingerprint density at radius 2 is 1.07 bits per heavy atom. The number of ether oxygens (including phenoxy) is 4. The quantitative estimate of drug-likeness (QED) is 0.0395. The minimum Gasteiger partial charge on any atom is -0.465 e. The van der Waals surface area contributed by atoms with Gasteiger partial charge in [0.15, 0.2) is 0 Å². The molecular weight excluding hydrogens is 1090 g/mol. The lowest BCUT2D eigenvalue weighted by atomic mass is 9.98. The van der Waals surface area contributed by atoms with Crippen LogP contribution in [0.25, 0.3) is 11.1 Å². The van der Waals surface area contributed by atoms with Crippen molar-refractivity contribution in [3.05, 3.63) is 59.7 Å². The number of nitrogens with one attached hydrogen (secondary N) is 9. The van der Waals surface area contributed by atoms with E-state index in [1.54, 1.807) is 69.2 Å². The summed E-state index contributed by atoms with van der Waals surface area (Å²) in [7, 11) is 0. The molecule has 11 N–H and O–H groups in total. The van der Waals surface area contributed by atoms with E-state index in [-0.39, 0.29) is 37.8 Å². The summed E-state index contributed by atoms with van der Waals surface area (Å²) in [6.07, 6.45) is -3.23. The molecule has 6 atom stereocenters. The second kappa shape index (κ2) is 32.5. The first-order chi connectivity index (χ1) is 39.2. The molecule has 0 saturated heterocycles. The molecule has 0 spiro atoms. The van der Waals surface area contributed by atoms with E-state index in [1.165, 1.54) is 6.92 Å². The Morgan fingerprint density at radius 3 is 1.62 bits per heavy atom. The van der Waals surface area contributed by atoms with Gasteiger partial charge in [0.2, 0.25) is 47.3 Å². The van der Waals surface area contributed by atoms with Gasteiger partial charge in [-0.25, -0.2) is 14.4 Å². The molecule has 0 saturated carbocycles. The molecule has 0 fully saturated rings. The summed E-state index contributed by atoms with van der Waals surface area (Å²) in [6, 6.07) is 7.56. The SMILES string of the molecule is CC(C)C[C@H](NC(=O)[C@H](CC(=O)OCCC(=O)NCC[C@@H](NC(=O)OC(C)(C)C)C(=O)N[C@@H](C)C(=O)NCC(=O)NCC(N)=O)NC(=O)[C@@H](NC(=O)[C@@H](NC(=O)OCC1c2ccccc2-c2ccccc21)C(C)C)C(C)C)C(=O)OC(C)(C)C. The monoisotopic (exact) mass is 1180 g/mol. The van der Waals surface area contributed by atoms with Crippen molar-refractivity contribution in [2.45, 2.75) is 169 Å². The van der Waals surface area contributed by atoms with Gasteiger partial charge in [-0.2, -0.15) is 0 Å². The lowest BCUT2D eigenvalue weighted by molar-refractivity contribution is -0.159. The Kier molecular flexibility index (Phi) is 27.1. The number of hydrogen-bond acceptors (Lipinski definition) is 16. The third kappa shape index (κ3) is 24.3. The molecule has 2 aromatic rings. The van der Waals surface area contributed by atoms with Gasteiger partial charge in [0.1, 0.15) is 60.7 Å². The molecule has 464 valence electrons. The highest BCUT2D eigenvalue weighted by atomic mass is 16.6. The Hall–Kier alpha value is -8.32. The van der Waals surface area contributed by atoms with Crippen LogP contribution in [0.5, 0.6) is 0 Å². The van der Waals surface area contributed by atoms with Gasteiger partial charge >= 0.3 is 24.1 Å². The van der Waals surface area contributed by atoms with Crippen molar-refractivity contribution in [2.24, 2.45) is 23.5 Å². The van der Waals surface area contributed by atoms with E-state index in [4.69, 9.17) is 24.7 Å². The van der Waals surface area contributed by atoms with E-state index < -0.39 is 163 Å². The smallest absolute Gasteiger partial charge is 0.408 e. The highest BCUT2D eigenvalue weighted by Gasteiger charge is 2.37. The molecule has 3 rings (SSSR count). The minimum absolute atomic E-state index is 0.0197. The van der Waals surface area contributed by atoms with Crippen LogP contribution in [-0.4, -0.2) is 152 Å². The number of nitrogens with two attached hydrogens (primary N) is 1. The summed E-state index contributed by atoms with van der Waals surface area (Å²) in [5.41, 5.74) is 7.14. The number of esters is 2. The molecule has 0 heterocycles. The van der Waals surface area contributed by atoms with Crippen molar-refractivity contribution >= 4 is 71.4 Å². The maximum Gasteiger partial charge on any atom is 0.408 e. The van der Waals surface area contributed by atoms with Gasteiger partial charge in [-0.1, -0.05) is 90.1 Å². The Labute approximate surface area is 490 Å². The van der Waals surface area contributed by atoms with Gasteiger partial charge in [-0.05, 0) is 101 Å². The van der Waals surface area contributed by atoms with Crippen LogP contribution in [0.1, 0.15) is 133 Å². The molecule has 0 aromatic heterocycles. The molecular formula is C58H86N10O16. The van der Waals surface area contributed by atoms with Gasteiger partial charge < -0.3 is 72.5 Å². The second-order valence-corrected chi connectivity index (χ2v) is 23.4. The molecule has 10 amide bonds. The molecule has 0 aliphatic heterocycles. The van der Waals surface area contributed by atoms with Crippen LogP contribution in [-0.2, 0) is 66.9 Å². The standard InChI is InChI=1S/C58H86N10O16/c1-31(2)26-42(54(78)83-57(8,9)10)65-51(75)41(64-52(76)47(32(3)4)67-53(77)48(33(5)6)68-55(79)82-30-39-37-20-16-14-18-35(37)36-19-15-17-21-38(36)39)27-46(72)81-25-23-44(70)60-24-22-40(66-56(80)84-58(11,12)13)50(74)63-34(7)49(73)62-29-45(71)61-28-43(59)69/h14-21,31-34,39-42,47-48H,22-30H2,1-13H3,(H2,59,69)(H,60,70)(H,61,71)(H,62,73)(H,63,74)(H,64,76)(H,65,75)(H,66,80)(H,67,77)(H,68,79)/t34-,40+,41-,42-,47-,48-/m0/s1. The largest absolute Gasteiger partial charge is 0.465 e. The number of carbonyl (C=O) groups is 12. The zero-order valence-electron chi connectivity index (χ0n) is 50.4. The highest BCUT2D eigenvalue weighted by Crippen LogP contribution is 2.44. The van der Waals surface area contributed by atoms with E-state index in [0.717, 1.165) is 22.3 Å². The van der Waals surface area contributed by atoms with Gasteiger partial charge in [0.25, 0.3) is 0 Å². The second-order valence-electron chi connectivity index (χ2n) is 23.4. The molecule has 0 radical (unpaired) electrons. The molecule has 84 heavy (non-hydrogen) atoms. The average molecular weight is 1180 g/mol. The van der Waals surface area contributed by atoms with Crippen molar-refractivity contribution in [3.63, 3.8) is 0 Å². The van der Waals surface area contributed by atoms with Crippen molar-refractivity contribution in [1.82, 2.24) is 47.9 Å². The summed E-state index contributed by atoms with van der Waals surface area (Å²) >= 11 is 0. The normalized spacial score (nSPS) is 14.1. The molecule has 26 nitrogen and oxygen atoms in total. The maximum atomic E-state index is 14.2. The summed E-state index contributed by atoms with van der Waals surface area (Å²) in [5, 5.41) is 22.3. The number of primary amides is 1. The number of hydrogen-bond donors (Lipinski definition) is 10. The van der Waals surface area contributed by atoms with E-state index in [1.807, 2.05) is 62.4 Å². The van der Waals surface area contributed by atoms with Gasteiger partial charge in [0.05, 0.1) is 25.9 Å². The summed E-state index contributed by atoms with van der Waals surface area (Å²) < 4.78 is 21.9. The summed E-state index contributed by atoms with van der Waals surface area (Å²) in [4.78, 5) is 157. The predicted octanol–water partition coefficient (Wildman–Crippen LogP) is 1.99. The number of alkyl carbamates (subject to hydrolysis) is 2. The fourth-order valence-electron chi connectivity index (χ4n) is 8.48. The van der Waals surface area contributed by atoms with Crippen molar-refractivity contribution < 1.29 is 76.5 Å². The van der Waals surface area contributed by atoms with E-state index in [9.17, 15) is 57.5 Å². The summed E-state index contributed by atoms with van der Waals surface area (Å²) in [5.74, 6) is -9.82. The van der Waals surface area contributed by atoms with E-state index >= 15 is 0 Å². The number of benzene rings is 2. The predicted molar refractivity (Wildman–Crippen MR) is 307 cm³/mol. The van der Waals surface area contributed by atoms with Crippen LogP contribution < -0.4 is 53.6 Å². The van der Waals surface area contributed by atoms with Crippen LogP contribution in [0, 0.1) is 17.8 Å². The van der Waals surface area contributed by atoms with Gasteiger partial charge in [-0.3, -0.25) is 43.2 Å². The van der Waals surface area contributed by atoms with Crippen molar-refractivity contribution in [2.75, 3.05) is 32.8 Å². The van der Waals surface area contributed by atoms with E-state index in [0.29, 0.717) is 0 Å². The van der Waals surface area contributed by atoms with Crippen LogP contribution in [0.2, 0.25) is 0 Å². The third-order valence-corrected chi connectivity index (χ3v) is 12.5. The third-order valence-electron chi connectivity index (χ3n) is 12.5. The Bertz CT molecular complexity index is 2640. The number of fused-ring (bicyclic) bond motifs is 3. The van der Waals surface area contributed by atoms with Gasteiger partial charge in [-0.15, -0.1) is 0 Å². The number of carbonyl (C=O) groups excluding carboxylic acids is 12. The van der Waals surface area contributed by atoms with E-state index in [2.05, 4.69) is 47.9 Å². The van der Waals surface area contributed by atoms with Crippen LogP contribution >= 0.6 is 0 Å². The fourth-order valence-corrected chi connectivity index (χ4v) is 8.48. The molecule has 1 aliphatic carbocycles. The van der Waals surface area contributed by atoms with Crippen LogP contribution in [0.3, 0.4) is 0 Å². The topological polar surface area (TPSA) is 376 Å². The Morgan fingerprint density at radius 1 is 0.536 bits per heavy atom. The maximum absolute atomic E-state index is 14.2. The lowest BCUT2D eigenvalue weighted by Crippen LogP contribution is -2.60. The first-order valence-electron chi connectivity index (χ1n) is 28.0. The van der Waals surface area contributed by atoms with Crippen LogP contribution in [0.4, 0.5) is 9.59 Å². The zero-order valence-corrected chi connectivity index (χ0v) is 50.4. The molecule has 1 aliphatic rings. The first-order valence-corrected chi connectivity index (χ1v) is 28.0. The van der Waals surface area contributed by atoms with Crippen molar-refractivity contribution in [3.8, 4) is 11.1 Å². The lowest BCUT2D eigenvalue weighted by Gasteiger charge is -2.29. The Balaban J connectivity index is 1.72. The molecule has 26 heteroatoms. The number of amides is 10. The molecule has 0 unspecified atom stereocenters. The highest BCUT2D eigenvalue weighted by molar-refractivity contribution is 5.97. The minimum atomic E-state index is -1.71. The number of rotatable bonds is 30. The summed E-state index contributed by atoms with van der Waals surface area (Å²) in [6.45, 7) is 19.5. The average Bonchev–Trinajstić information content (AvgIpc) is 3.02. The zero-order chi connectivity index (χ0) is 63.2. The van der Waals surface area contributed by atoms with Crippen molar-refractivity contribution in [1.29, 1.82) is 0 Å². The molecule has 2 aromatic carbocycles. The fraction of sp³-hybridized carbons (Fsp3) is 0.586. The first kappa shape index (κ1) is 69.9.